The largest absolute Gasteiger partial charge is 0.497 e. The molecule has 27 heavy (non-hydrogen) atoms. The van der Waals surface area contributed by atoms with Crippen LogP contribution in [-0.4, -0.2) is 47.2 Å². The molecule has 4 amide bonds. The number of nitrogens with one attached hydrogen (secondary N) is 2. The standard InChI is InChI=1S/C19H17N3O4S/c1-26-13-5-4-12-10-22(16(23)15(12)9-13)11-19(17(24)20-18(25)21-19)7-6-14-3-2-8-27-14/h2,4-5,8-9,14H,3,10-11H2,1H3,(H2,20,21,24,25)/t14?,19-/m1/s1. The average molecular weight is 383 g/mol. The van der Waals surface area contributed by atoms with Crippen LogP contribution >= 0.6 is 11.8 Å². The monoisotopic (exact) mass is 383 g/mol. The summed E-state index contributed by atoms with van der Waals surface area (Å²) in [5, 5.41) is 6.87. The maximum absolute atomic E-state index is 12.8. The molecule has 3 aliphatic heterocycles. The van der Waals surface area contributed by atoms with Crippen molar-refractivity contribution in [2.75, 3.05) is 13.7 Å². The molecule has 1 saturated heterocycles. The zero-order valence-corrected chi connectivity index (χ0v) is 15.4. The van der Waals surface area contributed by atoms with Gasteiger partial charge >= 0.3 is 6.03 Å². The van der Waals surface area contributed by atoms with Gasteiger partial charge in [-0.1, -0.05) is 24.0 Å². The Hall–Kier alpha value is -2.92. The van der Waals surface area contributed by atoms with Crippen LogP contribution in [0.2, 0.25) is 0 Å². The van der Waals surface area contributed by atoms with E-state index in [1.165, 1.54) is 12.0 Å². The van der Waals surface area contributed by atoms with Crippen LogP contribution in [0.4, 0.5) is 4.79 Å². The van der Waals surface area contributed by atoms with E-state index < -0.39 is 17.5 Å². The van der Waals surface area contributed by atoms with Crippen LogP contribution in [0.25, 0.3) is 0 Å². The Kier molecular flexibility index (Phi) is 4.32. The molecule has 2 N–H and O–H groups in total. The van der Waals surface area contributed by atoms with E-state index in [1.54, 1.807) is 23.9 Å². The molecule has 3 aliphatic rings. The van der Waals surface area contributed by atoms with Crippen LogP contribution < -0.4 is 15.4 Å². The first-order chi connectivity index (χ1) is 13.0. The first kappa shape index (κ1) is 17.5. The zero-order chi connectivity index (χ0) is 19.0. The van der Waals surface area contributed by atoms with Crippen molar-refractivity contribution in [2.24, 2.45) is 0 Å². The number of benzene rings is 1. The normalized spacial score (nSPS) is 25.7. The molecule has 0 saturated carbocycles. The molecule has 0 aromatic heterocycles. The van der Waals surface area contributed by atoms with E-state index in [-0.39, 0.29) is 17.7 Å². The van der Waals surface area contributed by atoms with E-state index in [0.717, 1.165) is 12.0 Å². The number of nitrogens with zero attached hydrogens (tertiary/aromatic N) is 1. The minimum atomic E-state index is -1.44. The Morgan fingerprint density at radius 3 is 2.89 bits per heavy atom. The molecule has 8 heteroatoms. The Bertz CT molecular complexity index is 925. The van der Waals surface area contributed by atoms with Gasteiger partial charge in [0, 0.05) is 12.1 Å². The van der Waals surface area contributed by atoms with E-state index in [0.29, 0.717) is 17.9 Å². The molecule has 2 atom stereocenters. The molecule has 1 fully saturated rings. The van der Waals surface area contributed by atoms with Gasteiger partial charge in [-0.25, -0.2) is 4.79 Å². The minimum Gasteiger partial charge on any atom is -0.497 e. The smallest absolute Gasteiger partial charge is 0.323 e. The van der Waals surface area contributed by atoms with Crippen molar-refractivity contribution in [2.45, 2.75) is 23.8 Å². The van der Waals surface area contributed by atoms with Crippen LogP contribution in [0.15, 0.2) is 29.7 Å². The number of carbonyl (C=O) groups is 3. The number of imide groups is 1. The number of urea groups is 1. The van der Waals surface area contributed by atoms with Crippen LogP contribution in [0, 0.1) is 11.8 Å². The molecule has 0 aliphatic carbocycles. The van der Waals surface area contributed by atoms with Crippen molar-refractivity contribution in [3.63, 3.8) is 0 Å². The molecule has 1 aromatic carbocycles. The Morgan fingerprint density at radius 2 is 2.22 bits per heavy atom. The van der Waals surface area contributed by atoms with Crippen LogP contribution in [0.3, 0.4) is 0 Å². The number of hydrogen-bond donors (Lipinski definition) is 2. The number of allylic oxidation sites excluding steroid dienone is 1. The Morgan fingerprint density at radius 1 is 1.37 bits per heavy atom. The van der Waals surface area contributed by atoms with E-state index in [9.17, 15) is 14.4 Å². The van der Waals surface area contributed by atoms with E-state index in [4.69, 9.17) is 4.74 Å². The van der Waals surface area contributed by atoms with Crippen molar-refractivity contribution < 1.29 is 19.1 Å². The number of amides is 4. The quantitative estimate of drug-likeness (QED) is 0.606. The summed E-state index contributed by atoms with van der Waals surface area (Å²) >= 11 is 1.57. The van der Waals surface area contributed by atoms with Gasteiger partial charge in [-0.2, -0.15) is 0 Å². The number of carbonyl (C=O) groups excluding carboxylic acids is 3. The van der Waals surface area contributed by atoms with Crippen LogP contribution in [0.5, 0.6) is 5.75 Å². The first-order valence-electron chi connectivity index (χ1n) is 8.44. The maximum atomic E-state index is 12.8. The van der Waals surface area contributed by atoms with E-state index >= 15 is 0 Å². The molecule has 138 valence electrons. The molecule has 3 heterocycles. The van der Waals surface area contributed by atoms with E-state index in [2.05, 4.69) is 22.5 Å². The molecule has 4 rings (SSSR count). The Balaban J connectivity index is 1.60. The molecule has 0 bridgehead atoms. The summed E-state index contributed by atoms with van der Waals surface area (Å²) in [5.74, 6) is 5.85. The van der Waals surface area contributed by atoms with Crippen molar-refractivity contribution in [1.29, 1.82) is 0 Å². The van der Waals surface area contributed by atoms with Gasteiger partial charge in [0.1, 0.15) is 5.75 Å². The second-order valence-corrected chi connectivity index (χ2v) is 7.61. The molecular formula is C19H17N3O4S. The number of fused-ring (bicyclic) bond motifs is 1. The van der Waals surface area contributed by atoms with Crippen molar-refractivity contribution in [3.8, 4) is 17.6 Å². The third-order valence-corrected chi connectivity index (χ3v) is 5.69. The third kappa shape index (κ3) is 3.15. The highest BCUT2D eigenvalue weighted by Gasteiger charge is 2.48. The fraction of sp³-hybridized carbons (Fsp3) is 0.316. The molecule has 0 spiro atoms. The van der Waals surface area contributed by atoms with Gasteiger partial charge in [0.25, 0.3) is 11.8 Å². The summed E-state index contributed by atoms with van der Waals surface area (Å²) in [7, 11) is 1.54. The number of ether oxygens (including phenoxy) is 1. The van der Waals surface area contributed by atoms with Gasteiger partial charge in [0.2, 0.25) is 0 Å². The Labute approximate surface area is 160 Å². The predicted molar refractivity (Wildman–Crippen MR) is 100 cm³/mol. The SMILES string of the molecule is COc1ccc2c(c1)C(=O)N(C[C@@]1(C#CC3CC=CS3)NC(=O)NC1=O)C2. The number of thioether (sulfide) groups is 1. The lowest BCUT2D eigenvalue weighted by Crippen LogP contribution is -2.54. The molecule has 1 unspecified atom stereocenters. The van der Waals surface area contributed by atoms with Gasteiger partial charge in [-0.15, -0.1) is 11.8 Å². The molecular weight excluding hydrogens is 366 g/mol. The summed E-state index contributed by atoms with van der Waals surface area (Å²) in [6.07, 6.45) is 2.80. The predicted octanol–water partition coefficient (Wildman–Crippen LogP) is 1.25. The average Bonchev–Trinajstić information content (AvgIpc) is 3.34. The molecule has 7 nitrogen and oxygen atoms in total. The lowest BCUT2D eigenvalue weighted by atomic mass is 9.99. The van der Waals surface area contributed by atoms with Crippen molar-refractivity contribution in [1.82, 2.24) is 15.5 Å². The molecule has 1 aromatic rings. The lowest BCUT2D eigenvalue weighted by Gasteiger charge is -2.26. The number of hydrogen-bond acceptors (Lipinski definition) is 5. The van der Waals surface area contributed by atoms with Gasteiger partial charge in [-0.05, 0) is 29.5 Å². The lowest BCUT2D eigenvalue weighted by molar-refractivity contribution is -0.122. The summed E-state index contributed by atoms with van der Waals surface area (Å²) in [4.78, 5) is 38.6. The second kappa shape index (κ2) is 6.67. The highest BCUT2D eigenvalue weighted by atomic mass is 32.2. The van der Waals surface area contributed by atoms with Crippen molar-refractivity contribution >= 4 is 29.6 Å². The summed E-state index contributed by atoms with van der Waals surface area (Å²) in [5.41, 5.74) is -0.0518. The highest BCUT2D eigenvalue weighted by Crippen LogP contribution is 2.29. The fourth-order valence-corrected chi connectivity index (χ4v) is 4.05. The maximum Gasteiger partial charge on any atom is 0.323 e. The van der Waals surface area contributed by atoms with Crippen LogP contribution in [0.1, 0.15) is 22.3 Å². The third-order valence-electron chi connectivity index (χ3n) is 4.70. The first-order valence-corrected chi connectivity index (χ1v) is 9.38. The number of methoxy groups -OCH3 is 1. The van der Waals surface area contributed by atoms with Gasteiger partial charge in [0.05, 0.1) is 18.9 Å². The summed E-state index contributed by atoms with van der Waals surface area (Å²) < 4.78 is 5.18. The topological polar surface area (TPSA) is 87.7 Å². The van der Waals surface area contributed by atoms with E-state index in [1.807, 2.05) is 17.6 Å². The minimum absolute atomic E-state index is 0.0157. The summed E-state index contributed by atoms with van der Waals surface area (Å²) in [6.45, 7) is 0.336. The van der Waals surface area contributed by atoms with Crippen LogP contribution in [-0.2, 0) is 11.3 Å². The molecule has 0 radical (unpaired) electrons. The van der Waals surface area contributed by atoms with Crippen molar-refractivity contribution in [3.05, 3.63) is 40.8 Å². The van der Waals surface area contributed by atoms with Gasteiger partial charge in [0.15, 0.2) is 5.54 Å². The number of rotatable bonds is 3. The summed E-state index contributed by atoms with van der Waals surface area (Å²) in [6, 6.07) is 4.71. The highest BCUT2D eigenvalue weighted by molar-refractivity contribution is 8.03. The van der Waals surface area contributed by atoms with Gasteiger partial charge < -0.3 is 15.0 Å². The zero-order valence-electron chi connectivity index (χ0n) is 14.6. The second-order valence-electron chi connectivity index (χ2n) is 6.50. The van der Waals surface area contributed by atoms with Gasteiger partial charge in [-0.3, -0.25) is 14.9 Å². The fourth-order valence-electron chi connectivity index (χ4n) is 3.29.